The molecule has 6 atom stereocenters. The van der Waals surface area contributed by atoms with Gasteiger partial charge in [0.05, 0.1) is 11.8 Å². The third kappa shape index (κ3) is 4.47. The maximum absolute atomic E-state index is 15.1. The second-order valence-corrected chi connectivity index (χ2v) is 13.8. The number of hydrogen-bond acceptors (Lipinski definition) is 6. The first-order valence-corrected chi connectivity index (χ1v) is 15.8. The van der Waals surface area contributed by atoms with E-state index in [9.17, 15) is 42.6 Å². The Morgan fingerprint density at radius 3 is 1.88 bits per heavy atom. The molecule has 15 heteroatoms. The van der Waals surface area contributed by atoms with E-state index in [0.29, 0.717) is 5.57 Å². The van der Waals surface area contributed by atoms with Crippen LogP contribution in [0.15, 0.2) is 60.2 Å². The molecule has 4 aliphatic rings. The van der Waals surface area contributed by atoms with Gasteiger partial charge in [0.25, 0.3) is 11.8 Å². The first-order chi connectivity index (χ1) is 23.1. The zero-order valence-corrected chi connectivity index (χ0v) is 26.4. The summed E-state index contributed by atoms with van der Waals surface area (Å²) in [4.78, 5) is 51.6. The number of benzene rings is 3. The van der Waals surface area contributed by atoms with Gasteiger partial charge < -0.3 is 10.2 Å². The summed E-state index contributed by atoms with van der Waals surface area (Å²) in [6.45, 7) is -0.0181. The minimum absolute atomic E-state index is 0.0110. The molecule has 2 heterocycles. The Morgan fingerprint density at radius 1 is 0.735 bits per heavy atom. The van der Waals surface area contributed by atoms with Gasteiger partial charge >= 0.3 is 0 Å². The molecule has 2 saturated heterocycles. The minimum atomic E-state index is -2.64. The number of fused-ring (bicyclic) bond motifs is 4. The molecule has 6 unspecified atom stereocenters. The molecule has 0 spiro atoms. The number of amides is 4. The fraction of sp³-hybridized carbons (Fsp3) is 0.294. The Kier molecular flexibility index (Phi) is 7.60. The molecule has 2 aliphatic carbocycles. The van der Waals surface area contributed by atoms with Crippen molar-refractivity contribution in [1.82, 2.24) is 4.90 Å². The van der Waals surface area contributed by atoms with E-state index >= 15 is 8.78 Å². The van der Waals surface area contributed by atoms with Crippen LogP contribution in [0.2, 0.25) is 0 Å². The summed E-state index contributed by atoms with van der Waals surface area (Å²) >= 11 is 14.1. The van der Waals surface area contributed by atoms with E-state index in [0.717, 1.165) is 10.5 Å². The van der Waals surface area contributed by atoms with Crippen LogP contribution in [0, 0.1) is 46.8 Å². The number of likely N-dealkylation sites (tertiary alicyclic amines) is 1. The van der Waals surface area contributed by atoms with Gasteiger partial charge in [0.1, 0.15) is 17.2 Å². The molecule has 2 aliphatic heterocycles. The van der Waals surface area contributed by atoms with Crippen LogP contribution in [0.1, 0.15) is 29.9 Å². The maximum atomic E-state index is 15.1. The highest BCUT2D eigenvalue weighted by atomic mass is 35.5. The van der Waals surface area contributed by atoms with Crippen LogP contribution >= 0.6 is 23.2 Å². The number of carbonyl (C=O) groups excluding carboxylic acids is 4. The quantitative estimate of drug-likeness (QED) is 0.0886. The number of allylic oxidation sites excluding steroid dienone is 2. The van der Waals surface area contributed by atoms with Gasteiger partial charge in [-0.15, -0.1) is 23.2 Å². The maximum Gasteiger partial charge on any atom is 0.258 e. The molecule has 254 valence electrons. The Hall–Kier alpha value is -4.49. The lowest BCUT2D eigenvalue weighted by Gasteiger charge is -2.50. The van der Waals surface area contributed by atoms with E-state index < -0.39 is 98.2 Å². The summed E-state index contributed by atoms with van der Waals surface area (Å²) in [7, 11) is 0. The normalized spacial score (nSPS) is 29.2. The molecule has 2 N–H and O–H groups in total. The lowest BCUT2D eigenvalue weighted by molar-refractivity contribution is -0.140. The molecule has 0 aromatic heterocycles. The van der Waals surface area contributed by atoms with Crippen LogP contribution in [0.25, 0.3) is 0 Å². The summed E-state index contributed by atoms with van der Waals surface area (Å²) in [5, 5.41) is 19.6. The van der Waals surface area contributed by atoms with E-state index in [-0.39, 0.29) is 41.3 Å². The lowest BCUT2D eigenvalue weighted by atomic mass is 9.56. The predicted octanol–water partition coefficient (Wildman–Crippen LogP) is 5.60. The SMILES string of the molecule is O=C1C2CC=C3C(CC4(Cl)C(=O)N(c5c(F)c(F)c(F)c(F)c5F)C(=O)C4(Cl)C3c3ccc(O)cc3)C2C(=O)N1CCc1ccc(O)cc1. The second-order valence-electron chi connectivity index (χ2n) is 12.5. The van der Waals surface area contributed by atoms with E-state index in [4.69, 9.17) is 23.2 Å². The first-order valence-electron chi connectivity index (χ1n) is 15.0. The average molecular weight is 721 g/mol. The van der Waals surface area contributed by atoms with Crippen LogP contribution in [-0.2, 0) is 25.6 Å². The third-order valence-corrected chi connectivity index (χ3v) is 11.5. The molecule has 0 bridgehead atoms. The van der Waals surface area contributed by atoms with Crippen molar-refractivity contribution in [2.75, 3.05) is 11.4 Å². The third-order valence-electron chi connectivity index (χ3n) is 10.1. The van der Waals surface area contributed by atoms with Crippen LogP contribution in [0.3, 0.4) is 0 Å². The van der Waals surface area contributed by atoms with Crippen molar-refractivity contribution >= 4 is 52.5 Å². The van der Waals surface area contributed by atoms with Gasteiger partial charge in [0.2, 0.25) is 17.6 Å². The molecule has 49 heavy (non-hydrogen) atoms. The van der Waals surface area contributed by atoms with Crippen LogP contribution in [0.4, 0.5) is 27.6 Å². The number of aromatic hydroxyl groups is 2. The number of rotatable bonds is 5. The Morgan fingerprint density at radius 2 is 1.29 bits per heavy atom. The van der Waals surface area contributed by atoms with E-state index in [1.165, 1.54) is 36.4 Å². The Bertz CT molecular complexity index is 1980. The molecule has 0 radical (unpaired) electrons. The van der Waals surface area contributed by atoms with Gasteiger partial charge in [-0.1, -0.05) is 35.9 Å². The van der Waals surface area contributed by atoms with Crippen molar-refractivity contribution in [2.24, 2.45) is 17.8 Å². The monoisotopic (exact) mass is 720 g/mol. The van der Waals surface area contributed by atoms with Crippen molar-refractivity contribution in [2.45, 2.75) is 34.9 Å². The molecule has 3 fully saturated rings. The predicted molar refractivity (Wildman–Crippen MR) is 163 cm³/mol. The summed E-state index contributed by atoms with van der Waals surface area (Å²) in [5.74, 6) is -21.1. The van der Waals surface area contributed by atoms with Crippen LogP contribution in [0.5, 0.6) is 11.5 Å². The second kappa shape index (κ2) is 11.3. The fourth-order valence-electron chi connectivity index (χ4n) is 7.80. The van der Waals surface area contributed by atoms with Gasteiger partial charge in [-0.2, -0.15) is 0 Å². The fourth-order valence-corrected chi connectivity index (χ4v) is 8.73. The van der Waals surface area contributed by atoms with Crippen molar-refractivity contribution in [3.05, 3.63) is 100 Å². The van der Waals surface area contributed by atoms with Gasteiger partial charge in [0, 0.05) is 12.5 Å². The summed E-state index contributed by atoms with van der Waals surface area (Å²) < 4.78 is 72.9. The van der Waals surface area contributed by atoms with Crippen molar-refractivity contribution in [1.29, 1.82) is 0 Å². The van der Waals surface area contributed by atoms with Gasteiger partial charge in [-0.05, 0) is 60.6 Å². The zero-order chi connectivity index (χ0) is 35.3. The largest absolute Gasteiger partial charge is 0.508 e. The van der Waals surface area contributed by atoms with E-state index in [1.807, 2.05) is 0 Å². The van der Waals surface area contributed by atoms with Gasteiger partial charge in [-0.3, -0.25) is 24.1 Å². The molecular weight excluding hydrogens is 698 g/mol. The number of carbonyl (C=O) groups is 4. The first kappa shape index (κ1) is 33.0. The van der Waals surface area contributed by atoms with Crippen molar-refractivity contribution in [3.63, 3.8) is 0 Å². The Balaban J connectivity index is 1.34. The standard InChI is InChI=1S/C34H23Cl2F5N2O6/c35-33-13-20-18(9-10-19-21(20)30(47)42(29(19)46)12-11-14-1-5-16(44)6-2-14)22(15-3-7-17(45)8-4-15)34(33,36)32(49)43(31(33)48)28-26(40)24(38)23(37)25(39)27(28)41/h1-9,19-22,44-45H,10-13H2. The molecule has 4 amide bonds. The lowest BCUT2D eigenvalue weighted by Crippen LogP contribution is -2.60. The van der Waals surface area contributed by atoms with Crippen molar-refractivity contribution < 1.29 is 51.3 Å². The molecule has 3 aromatic rings. The van der Waals surface area contributed by atoms with E-state index in [2.05, 4.69) is 0 Å². The van der Waals surface area contributed by atoms with E-state index in [1.54, 1.807) is 18.2 Å². The molecular formula is C34H23Cl2F5N2O6. The minimum Gasteiger partial charge on any atom is -0.508 e. The number of alkyl halides is 2. The highest BCUT2D eigenvalue weighted by Gasteiger charge is 2.77. The Labute approximate surface area is 284 Å². The highest BCUT2D eigenvalue weighted by molar-refractivity contribution is 6.58. The number of halogens is 7. The number of phenolic OH excluding ortho intramolecular Hbond substituents is 2. The van der Waals surface area contributed by atoms with Gasteiger partial charge in [-0.25, -0.2) is 26.9 Å². The number of phenols is 2. The van der Waals surface area contributed by atoms with Crippen molar-refractivity contribution in [3.8, 4) is 11.5 Å². The average Bonchev–Trinajstić information content (AvgIpc) is 3.41. The highest BCUT2D eigenvalue weighted by Crippen LogP contribution is 2.66. The molecule has 7 rings (SSSR count). The topological polar surface area (TPSA) is 115 Å². The number of imide groups is 2. The summed E-state index contributed by atoms with van der Waals surface area (Å²) in [6.07, 6.45) is 1.25. The van der Waals surface area contributed by atoms with Crippen LogP contribution < -0.4 is 4.90 Å². The molecule has 8 nitrogen and oxygen atoms in total. The van der Waals surface area contributed by atoms with Gasteiger partial charge in [0.15, 0.2) is 33.0 Å². The number of hydrogen-bond donors (Lipinski definition) is 2. The van der Waals surface area contributed by atoms with Crippen LogP contribution in [-0.4, -0.2) is 55.0 Å². The number of nitrogens with zero attached hydrogens (tertiary/aromatic N) is 2. The molecule has 1 saturated carbocycles. The number of anilines is 1. The zero-order valence-electron chi connectivity index (χ0n) is 24.9. The smallest absolute Gasteiger partial charge is 0.258 e. The summed E-state index contributed by atoms with van der Waals surface area (Å²) in [5.41, 5.74) is -0.645. The molecule has 3 aromatic carbocycles. The summed E-state index contributed by atoms with van der Waals surface area (Å²) in [6, 6.07) is 11.3.